The maximum absolute atomic E-state index is 2.63. The Morgan fingerprint density at radius 2 is 1.79 bits per heavy atom. The van der Waals surface area contributed by atoms with Crippen molar-refractivity contribution >= 4 is 28.4 Å². The molecule has 0 radical (unpaired) electrons. The third-order valence-corrected chi connectivity index (χ3v) is 6.96. The molecule has 0 fully saturated rings. The third-order valence-electron chi connectivity index (χ3n) is 6.96. The normalized spacial score (nSPS) is 23.6. The van der Waals surface area contributed by atoms with E-state index in [1.807, 2.05) is 6.92 Å². The second kappa shape index (κ2) is 8.29. The molecule has 3 atom stereocenters. The van der Waals surface area contributed by atoms with Crippen LogP contribution in [-0.4, -0.2) is 16.7 Å². The average Bonchev–Trinajstić information content (AvgIpc) is 3.40. The minimum absolute atomic E-state index is 0.311. The van der Waals surface area contributed by atoms with Crippen molar-refractivity contribution in [2.75, 3.05) is 4.90 Å². The summed E-state index contributed by atoms with van der Waals surface area (Å²) in [6.45, 7) is 2.05. The number of rotatable bonds is 4. The second-order valence-corrected chi connectivity index (χ2v) is 8.90. The first-order chi connectivity index (χ1) is 16.3. The van der Waals surface area contributed by atoms with E-state index >= 15 is 0 Å². The Balaban J connectivity index is 1.46. The van der Waals surface area contributed by atoms with Gasteiger partial charge < -0.3 is 9.47 Å². The highest BCUT2D eigenvalue weighted by Gasteiger charge is 2.39. The van der Waals surface area contributed by atoms with Gasteiger partial charge in [-0.3, -0.25) is 0 Å². The maximum Gasteiger partial charge on any atom is 0.0586 e. The van der Waals surface area contributed by atoms with E-state index < -0.39 is 0 Å². The van der Waals surface area contributed by atoms with Crippen molar-refractivity contribution in [3.8, 4) is 0 Å². The standard InChI is InChI=1S/C31H28N2/c1-2-3-4-13-24-21-23-12-5-8-18-29(23)32(24)25-14-11-15-26(22-25)33-30-19-9-6-16-27(30)28-17-7-10-20-31(28)33/h2-14,16-22,26-27,30H,15H2,1H3/b3-2-,13-4-. The van der Waals surface area contributed by atoms with Crippen molar-refractivity contribution in [1.29, 1.82) is 0 Å². The van der Waals surface area contributed by atoms with Crippen LogP contribution in [0.1, 0.15) is 30.5 Å². The van der Waals surface area contributed by atoms with Crippen LogP contribution < -0.4 is 4.90 Å². The van der Waals surface area contributed by atoms with Gasteiger partial charge in [0.2, 0.25) is 0 Å². The summed E-state index contributed by atoms with van der Waals surface area (Å²) in [6, 6.07) is 20.5. The molecule has 0 spiro atoms. The summed E-state index contributed by atoms with van der Waals surface area (Å²) in [5.74, 6) is 0.431. The van der Waals surface area contributed by atoms with Crippen LogP contribution in [0.25, 0.3) is 22.7 Å². The topological polar surface area (TPSA) is 8.17 Å². The minimum atomic E-state index is 0.311. The van der Waals surface area contributed by atoms with Crippen molar-refractivity contribution < 1.29 is 0 Å². The molecule has 1 aromatic heterocycles. The number of allylic oxidation sites excluding steroid dienone is 7. The number of para-hydroxylation sites is 2. The van der Waals surface area contributed by atoms with Gasteiger partial charge in [0, 0.05) is 28.4 Å². The fraction of sp³-hybridized carbons (Fsp3) is 0.161. The predicted molar refractivity (Wildman–Crippen MR) is 141 cm³/mol. The number of anilines is 1. The number of aromatic nitrogens is 1. The molecular formula is C31H28N2. The molecule has 0 saturated heterocycles. The molecule has 3 aromatic rings. The summed E-state index contributed by atoms with van der Waals surface area (Å²) in [4.78, 5) is 2.63. The highest BCUT2D eigenvalue weighted by Crippen LogP contribution is 2.46. The van der Waals surface area contributed by atoms with Crippen molar-refractivity contribution in [2.24, 2.45) is 0 Å². The van der Waals surface area contributed by atoms with Crippen molar-refractivity contribution in [1.82, 2.24) is 4.57 Å². The smallest absolute Gasteiger partial charge is 0.0586 e. The van der Waals surface area contributed by atoms with Gasteiger partial charge in [0.1, 0.15) is 0 Å². The van der Waals surface area contributed by atoms with Gasteiger partial charge in [-0.1, -0.05) is 85.0 Å². The molecule has 3 unspecified atom stereocenters. The van der Waals surface area contributed by atoms with Crippen LogP contribution in [0.3, 0.4) is 0 Å². The highest BCUT2D eigenvalue weighted by molar-refractivity contribution is 5.89. The van der Waals surface area contributed by atoms with E-state index in [9.17, 15) is 0 Å². The first-order valence-corrected chi connectivity index (χ1v) is 11.9. The lowest BCUT2D eigenvalue weighted by Gasteiger charge is -2.36. The molecule has 2 aromatic carbocycles. The Hall–Kier alpha value is -3.78. The molecule has 2 heteroatoms. The summed E-state index contributed by atoms with van der Waals surface area (Å²) in [5.41, 5.74) is 6.49. The van der Waals surface area contributed by atoms with Gasteiger partial charge in [0.25, 0.3) is 0 Å². The molecule has 6 rings (SSSR count). The Morgan fingerprint density at radius 3 is 2.73 bits per heavy atom. The minimum Gasteiger partial charge on any atom is -0.357 e. The first-order valence-electron chi connectivity index (χ1n) is 11.9. The van der Waals surface area contributed by atoms with E-state index in [2.05, 4.69) is 131 Å². The molecular weight excluding hydrogens is 400 g/mol. The zero-order chi connectivity index (χ0) is 22.2. The van der Waals surface area contributed by atoms with E-state index in [4.69, 9.17) is 0 Å². The van der Waals surface area contributed by atoms with E-state index in [1.165, 1.54) is 33.5 Å². The molecule has 33 heavy (non-hydrogen) atoms. The molecule has 0 saturated carbocycles. The molecule has 3 aliphatic rings. The van der Waals surface area contributed by atoms with Crippen molar-refractivity contribution in [3.63, 3.8) is 0 Å². The number of fused-ring (bicyclic) bond motifs is 4. The highest BCUT2D eigenvalue weighted by atomic mass is 15.2. The molecule has 0 amide bonds. The monoisotopic (exact) mass is 428 g/mol. The predicted octanol–water partition coefficient (Wildman–Crippen LogP) is 7.50. The first kappa shape index (κ1) is 19.9. The lowest BCUT2D eigenvalue weighted by atomic mass is 9.91. The Morgan fingerprint density at radius 1 is 0.939 bits per heavy atom. The Labute approximate surface area is 195 Å². The van der Waals surface area contributed by atoms with Crippen molar-refractivity contribution in [2.45, 2.75) is 31.3 Å². The molecule has 1 aliphatic heterocycles. The van der Waals surface area contributed by atoms with Gasteiger partial charge in [0.15, 0.2) is 0 Å². The SMILES string of the molecule is C/C=C\C=C/c1cc2ccccc2n1C1=CC(N2c3ccccc3C3C=CC=CC32)CC=C1. The van der Waals surface area contributed by atoms with Crippen molar-refractivity contribution in [3.05, 3.63) is 127 Å². The summed E-state index contributed by atoms with van der Waals surface area (Å²) < 4.78 is 2.40. The molecule has 0 N–H and O–H groups in total. The van der Waals surface area contributed by atoms with Crippen LogP contribution in [0.15, 0.2) is 115 Å². The van der Waals surface area contributed by atoms with Gasteiger partial charge in [-0.25, -0.2) is 0 Å². The van der Waals surface area contributed by atoms with Crippen LogP contribution in [0.5, 0.6) is 0 Å². The third kappa shape index (κ3) is 3.34. The molecule has 0 bridgehead atoms. The fourth-order valence-electron chi connectivity index (χ4n) is 5.56. The van der Waals surface area contributed by atoms with E-state index in [-0.39, 0.29) is 0 Å². The van der Waals surface area contributed by atoms with Gasteiger partial charge in [0.05, 0.1) is 17.6 Å². The Bertz CT molecular complexity index is 1370. The summed E-state index contributed by atoms with van der Waals surface area (Å²) in [6.07, 6.45) is 25.7. The zero-order valence-electron chi connectivity index (χ0n) is 18.9. The van der Waals surface area contributed by atoms with Gasteiger partial charge in [-0.2, -0.15) is 0 Å². The van der Waals surface area contributed by atoms with Gasteiger partial charge >= 0.3 is 0 Å². The van der Waals surface area contributed by atoms with Crippen LogP contribution in [0.2, 0.25) is 0 Å². The van der Waals surface area contributed by atoms with Crippen LogP contribution in [0, 0.1) is 0 Å². The molecule has 162 valence electrons. The summed E-state index contributed by atoms with van der Waals surface area (Å²) in [7, 11) is 0. The van der Waals surface area contributed by atoms with Gasteiger partial charge in [-0.05, 0) is 55.3 Å². The maximum atomic E-state index is 2.63. The van der Waals surface area contributed by atoms with E-state index in [0.29, 0.717) is 18.0 Å². The van der Waals surface area contributed by atoms with Crippen LogP contribution in [0.4, 0.5) is 5.69 Å². The quantitative estimate of drug-likeness (QED) is 0.391. The lowest BCUT2D eigenvalue weighted by molar-refractivity contribution is 0.613. The van der Waals surface area contributed by atoms with Gasteiger partial charge in [-0.15, -0.1) is 0 Å². The Kier molecular flexibility index (Phi) is 4.99. The number of nitrogens with zero attached hydrogens (tertiary/aromatic N) is 2. The fourth-order valence-corrected chi connectivity index (χ4v) is 5.56. The van der Waals surface area contributed by atoms with Crippen LogP contribution in [-0.2, 0) is 0 Å². The zero-order valence-corrected chi connectivity index (χ0v) is 18.9. The molecule has 2 aliphatic carbocycles. The lowest BCUT2D eigenvalue weighted by Crippen LogP contribution is -2.41. The second-order valence-electron chi connectivity index (χ2n) is 8.90. The number of hydrogen-bond acceptors (Lipinski definition) is 1. The molecule has 2 nitrogen and oxygen atoms in total. The largest absolute Gasteiger partial charge is 0.357 e. The number of benzene rings is 2. The van der Waals surface area contributed by atoms with Crippen LogP contribution >= 0.6 is 0 Å². The summed E-state index contributed by atoms with van der Waals surface area (Å²) in [5, 5.41) is 1.26. The average molecular weight is 429 g/mol. The summed E-state index contributed by atoms with van der Waals surface area (Å²) >= 11 is 0. The molecule has 2 heterocycles. The van der Waals surface area contributed by atoms with E-state index in [0.717, 1.165) is 6.42 Å². The van der Waals surface area contributed by atoms with E-state index in [1.54, 1.807) is 0 Å². The number of hydrogen-bond donors (Lipinski definition) is 0.